The Hall–Kier alpha value is -0.650. The van der Waals surface area contributed by atoms with E-state index in [1.165, 1.54) is 45.2 Å². The SMILES string of the molecule is O=C([C@H]1C[C@@H]2CCN(CC3CCCC3)C[C@@H]2O1)N1CCOCC1. The highest BCUT2D eigenvalue weighted by atomic mass is 16.5. The van der Waals surface area contributed by atoms with Crippen molar-refractivity contribution in [2.24, 2.45) is 11.8 Å². The van der Waals surface area contributed by atoms with Gasteiger partial charge in [0.25, 0.3) is 5.91 Å². The number of likely N-dealkylation sites (tertiary alicyclic amines) is 1. The first-order valence-corrected chi connectivity index (χ1v) is 9.54. The minimum Gasteiger partial charge on any atom is -0.378 e. The zero-order valence-corrected chi connectivity index (χ0v) is 14.1. The first-order chi connectivity index (χ1) is 11.3. The third-order valence-electron chi connectivity index (χ3n) is 6.23. The maximum absolute atomic E-state index is 12.6. The summed E-state index contributed by atoms with van der Waals surface area (Å²) < 4.78 is 11.5. The van der Waals surface area contributed by atoms with Crippen molar-refractivity contribution in [2.75, 3.05) is 45.9 Å². The average molecular weight is 322 g/mol. The van der Waals surface area contributed by atoms with Gasteiger partial charge >= 0.3 is 0 Å². The second-order valence-corrected chi connectivity index (χ2v) is 7.80. The molecule has 4 fully saturated rings. The lowest BCUT2D eigenvalue weighted by Gasteiger charge is -2.35. The molecule has 5 nitrogen and oxygen atoms in total. The van der Waals surface area contributed by atoms with E-state index < -0.39 is 0 Å². The van der Waals surface area contributed by atoms with E-state index in [0.717, 1.165) is 32.0 Å². The van der Waals surface area contributed by atoms with Crippen molar-refractivity contribution < 1.29 is 14.3 Å². The summed E-state index contributed by atoms with van der Waals surface area (Å²) in [6, 6.07) is 0. The van der Waals surface area contributed by atoms with Gasteiger partial charge in [-0.25, -0.2) is 0 Å². The molecular formula is C18H30N2O3. The van der Waals surface area contributed by atoms with Crippen LogP contribution in [0.1, 0.15) is 38.5 Å². The molecule has 1 aliphatic carbocycles. The molecule has 1 amide bonds. The smallest absolute Gasteiger partial charge is 0.251 e. The Kier molecular flexibility index (Phi) is 4.88. The molecule has 0 aromatic carbocycles. The van der Waals surface area contributed by atoms with Crippen molar-refractivity contribution in [1.82, 2.24) is 9.80 Å². The molecule has 0 spiro atoms. The molecule has 0 radical (unpaired) electrons. The molecule has 0 N–H and O–H groups in total. The molecule has 23 heavy (non-hydrogen) atoms. The van der Waals surface area contributed by atoms with Crippen LogP contribution < -0.4 is 0 Å². The summed E-state index contributed by atoms with van der Waals surface area (Å²) in [6.07, 6.45) is 7.85. The molecule has 0 bridgehead atoms. The van der Waals surface area contributed by atoms with Crippen LogP contribution in [0.25, 0.3) is 0 Å². The van der Waals surface area contributed by atoms with Crippen molar-refractivity contribution in [2.45, 2.75) is 50.7 Å². The minimum absolute atomic E-state index is 0.199. The molecule has 3 aliphatic heterocycles. The Morgan fingerprint density at radius 1 is 1.04 bits per heavy atom. The van der Waals surface area contributed by atoms with Crippen molar-refractivity contribution in [3.8, 4) is 0 Å². The molecule has 1 saturated carbocycles. The second-order valence-electron chi connectivity index (χ2n) is 7.80. The largest absolute Gasteiger partial charge is 0.378 e. The van der Waals surface area contributed by atoms with E-state index in [-0.39, 0.29) is 18.1 Å². The van der Waals surface area contributed by atoms with Gasteiger partial charge in [-0.2, -0.15) is 0 Å². The quantitative estimate of drug-likeness (QED) is 0.790. The van der Waals surface area contributed by atoms with Gasteiger partial charge in [-0.3, -0.25) is 4.79 Å². The summed E-state index contributed by atoms with van der Waals surface area (Å²) in [4.78, 5) is 17.2. The summed E-state index contributed by atoms with van der Waals surface area (Å²) >= 11 is 0. The summed E-state index contributed by atoms with van der Waals surface area (Å²) in [7, 11) is 0. The predicted octanol–water partition coefficient (Wildman–Crippen LogP) is 1.51. The van der Waals surface area contributed by atoms with Gasteiger partial charge in [0.2, 0.25) is 0 Å². The monoisotopic (exact) mass is 322 g/mol. The van der Waals surface area contributed by atoms with Gasteiger partial charge in [-0.1, -0.05) is 12.8 Å². The Bertz CT molecular complexity index is 418. The highest BCUT2D eigenvalue weighted by Crippen LogP contribution is 2.35. The first kappa shape index (κ1) is 15.9. The fraction of sp³-hybridized carbons (Fsp3) is 0.944. The van der Waals surface area contributed by atoms with Gasteiger partial charge < -0.3 is 19.3 Å². The number of nitrogens with zero attached hydrogens (tertiary/aromatic N) is 2. The number of ether oxygens (including phenoxy) is 2. The lowest BCUT2D eigenvalue weighted by atomic mass is 9.91. The summed E-state index contributed by atoms with van der Waals surface area (Å²) in [5.74, 6) is 1.69. The van der Waals surface area contributed by atoms with E-state index in [0.29, 0.717) is 19.1 Å². The van der Waals surface area contributed by atoms with Gasteiger partial charge in [0.05, 0.1) is 19.3 Å². The summed E-state index contributed by atoms with van der Waals surface area (Å²) in [6.45, 7) is 6.26. The molecule has 0 aromatic rings. The number of fused-ring (bicyclic) bond motifs is 1. The van der Waals surface area contributed by atoms with Crippen LogP contribution in [0.3, 0.4) is 0 Å². The molecular weight excluding hydrogens is 292 g/mol. The van der Waals surface area contributed by atoms with Gasteiger partial charge in [-0.15, -0.1) is 0 Å². The molecule has 0 aromatic heterocycles. The van der Waals surface area contributed by atoms with Crippen LogP contribution in [0.4, 0.5) is 0 Å². The number of morpholine rings is 1. The lowest BCUT2D eigenvalue weighted by Crippen LogP contribution is -2.46. The van der Waals surface area contributed by atoms with Crippen molar-refractivity contribution in [1.29, 1.82) is 0 Å². The van der Waals surface area contributed by atoms with Gasteiger partial charge in [0, 0.05) is 26.2 Å². The van der Waals surface area contributed by atoms with E-state index in [4.69, 9.17) is 9.47 Å². The summed E-state index contributed by atoms with van der Waals surface area (Å²) in [5, 5.41) is 0. The standard InChI is InChI=1S/C18H30N2O3/c21-18(20-7-9-22-10-8-20)16-11-15-5-6-19(13-17(15)23-16)12-14-3-1-2-4-14/h14-17H,1-13H2/t15-,16+,17-/m0/s1. The maximum Gasteiger partial charge on any atom is 0.251 e. The Morgan fingerprint density at radius 2 is 1.83 bits per heavy atom. The zero-order valence-electron chi connectivity index (χ0n) is 14.1. The predicted molar refractivity (Wildman–Crippen MR) is 87.2 cm³/mol. The molecule has 4 rings (SSSR count). The number of piperidine rings is 1. The zero-order chi connectivity index (χ0) is 15.6. The van der Waals surface area contributed by atoms with Crippen LogP contribution >= 0.6 is 0 Å². The average Bonchev–Trinajstić information content (AvgIpc) is 3.24. The summed E-state index contributed by atoms with van der Waals surface area (Å²) in [5.41, 5.74) is 0. The maximum atomic E-state index is 12.6. The fourth-order valence-electron chi connectivity index (χ4n) is 4.86. The number of carbonyl (C=O) groups is 1. The highest BCUT2D eigenvalue weighted by Gasteiger charge is 2.43. The molecule has 3 saturated heterocycles. The Balaban J connectivity index is 1.29. The van der Waals surface area contributed by atoms with Gasteiger partial charge in [0.1, 0.15) is 6.10 Å². The molecule has 3 heterocycles. The second kappa shape index (κ2) is 7.08. The third-order valence-corrected chi connectivity index (χ3v) is 6.23. The fourth-order valence-corrected chi connectivity index (χ4v) is 4.86. The van der Waals surface area contributed by atoms with E-state index in [2.05, 4.69) is 4.90 Å². The van der Waals surface area contributed by atoms with Crippen LogP contribution in [0, 0.1) is 11.8 Å². The van der Waals surface area contributed by atoms with Gasteiger partial charge in [-0.05, 0) is 44.1 Å². The van der Waals surface area contributed by atoms with E-state index in [9.17, 15) is 4.79 Å². The molecule has 5 heteroatoms. The number of hydrogen-bond donors (Lipinski definition) is 0. The minimum atomic E-state index is -0.200. The number of rotatable bonds is 3. The number of carbonyl (C=O) groups excluding carboxylic acids is 1. The first-order valence-electron chi connectivity index (χ1n) is 9.54. The van der Waals surface area contributed by atoms with Gasteiger partial charge in [0.15, 0.2) is 0 Å². The molecule has 4 aliphatic rings. The molecule has 130 valence electrons. The van der Waals surface area contributed by atoms with Crippen LogP contribution in [0.2, 0.25) is 0 Å². The molecule has 0 unspecified atom stereocenters. The highest BCUT2D eigenvalue weighted by molar-refractivity contribution is 5.81. The van der Waals surface area contributed by atoms with E-state index in [1.807, 2.05) is 4.90 Å². The van der Waals surface area contributed by atoms with Crippen LogP contribution in [-0.4, -0.2) is 73.9 Å². The van der Waals surface area contributed by atoms with Crippen molar-refractivity contribution in [3.63, 3.8) is 0 Å². The molecule has 3 atom stereocenters. The van der Waals surface area contributed by atoms with Crippen molar-refractivity contribution >= 4 is 5.91 Å². The van der Waals surface area contributed by atoms with E-state index >= 15 is 0 Å². The number of amides is 1. The lowest BCUT2D eigenvalue weighted by molar-refractivity contribution is -0.147. The normalized spacial score (nSPS) is 36.3. The topological polar surface area (TPSA) is 42.0 Å². The van der Waals surface area contributed by atoms with Crippen LogP contribution in [0.15, 0.2) is 0 Å². The third kappa shape index (κ3) is 3.57. The van der Waals surface area contributed by atoms with E-state index in [1.54, 1.807) is 0 Å². The number of hydrogen-bond acceptors (Lipinski definition) is 4. The Labute approximate surface area is 139 Å². The van der Waals surface area contributed by atoms with Crippen molar-refractivity contribution in [3.05, 3.63) is 0 Å². The Morgan fingerprint density at radius 3 is 2.61 bits per heavy atom. The van der Waals surface area contributed by atoms with Crippen LogP contribution in [0.5, 0.6) is 0 Å². The van der Waals surface area contributed by atoms with Crippen LogP contribution in [-0.2, 0) is 14.3 Å².